The Bertz CT molecular complexity index is 867. The molecule has 5 nitrogen and oxygen atoms in total. The number of phenols is 2. The van der Waals surface area contributed by atoms with Crippen molar-refractivity contribution in [3.05, 3.63) is 23.8 Å². The molecule has 3 aliphatic carbocycles. The lowest BCUT2D eigenvalue weighted by Crippen LogP contribution is -2.68. The van der Waals surface area contributed by atoms with Crippen LogP contribution in [0, 0.1) is 34.0 Å². The van der Waals surface area contributed by atoms with Crippen LogP contribution in [0.1, 0.15) is 71.3 Å². The van der Waals surface area contributed by atoms with Crippen molar-refractivity contribution in [2.24, 2.45) is 34.0 Å². The molecule has 8 atom stereocenters. The maximum absolute atomic E-state index is 11.6. The smallest absolute Gasteiger partial charge is 0.160 e. The minimum atomic E-state index is -0.834. The Labute approximate surface area is 185 Å². The van der Waals surface area contributed by atoms with Crippen molar-refractivity contribution in [3.63, 3.8) is 0 Å². The summed E-state index contributed by atoms with van der Waals surface area (Å²) in [5.41, 5.74) is -0.360. The van der Waals surface area contributed by atoms with Crippen LogP contribution >= 0.6 is 0 Å². The molecule has 3 saturated carbocycles. The van der Waals surface area contributed by atoms with Crippen LogP contribution in [0.25, 0.3) is 0 Å². The molecule has 0 aromatic heterocycles. The summed E-state index contributed by atoms with van der Waals surface area (Å²) in [6.07, 6.45) is 6.88. The number of aliphatic hydroxyl groups excluding tert-OH is 1. The zero-order chi connectivity index (χ0) is 22.2. The first-order chi connectivity index (χ1) is 14.5. The van der Waals surface area contributed by atoms with Crippen molar-refractivity contribution in [1.82, 2.24) is 0 Å². The number of hydrogen-bond donors (Lipinski definition) is 4. The number of benzene rings is 1. The van der Waals surface area contributed by atoms with Gasteiger partial charge in [-0.3, -0.25) is 0 Å². The molecular formula is C26H38O5. The third-order valence-corrected chi connectivity index (χ3v) is 10.4. The molecule has 5 rings (SSSR count). The van der Waals surface area contributed by atoms with Gasteiger partial charge in [0.2, 0.25) is 0 Å². The fourth-order valence-corrected chi connectivity index (χ4v) is 8.88. The van der Waals surface area contributed by atoms with Gasteiger partial charge < -0.3 is 25.2 Å². The maximum Gasteiger partial charge on any atom is 0.160 e. The van der Waals surface area contributed by atoms with Crippen molar-refractivity contribution in [3.8, 4) is 11.5 Å². The lowest BCUT2D eigenvalue weighted by Gasteiger charge is -2.70. The second kappa shape index (κ2) is 6.85. The number of hydrogen-bond acceptors (Lipinski definition) is 5. The molecule has 2 bridgehead atoms. The zero-order valence-corrected chi connectivity index (χ0v) is 19.1. The van der Waals surface area contributed by atoms with Crippen molar-refractivity contribution in [1.29, 1.82) is 0 Å². The van der Waals surface area contributed by atoms with E-state index < -0.39 is 11.9 Å². The number of aliphatic hydroxyl groups is 2. The van der Waals surface area contributed by atoms with Crippen LogP contribution in [-0.2, 0) is 11.2 Å². The molecular weight excluding hydrogens is 392 g/mol. The summed E-state index contributed by atoms with van der Waals surface area (Å²) in [7, 11) is 0. The number of rotatable bonds is 2. The lowest BCUT2D eigenvalue weighted by molar-refractivity contribution is -0.327. The minimum absolute atomic E-state index is 0.0261. The van der Waals surface area contributed by atoms with Gasteiger partial charge in [-0.2, -0.15) is 0 Å². The Kier molecular flexibility index (Phi) is 4.76. The van der Waals surface area contributed by atoms with Gasteiger partial charge >= 0.3 is 0 Å². The summed E-state index contributed by atoms with van der Waals surface area (Å²) >= 11 is 0. The van der Waals surface area contributed by atoms with E-state index in [4.69, 9.17) is 4.74 Å². The Morgan fingerprint density at radius 3 is 2.45 bits per heavy atom. The predicted octanol–water partition coefficient (Wildman–Crippen LogP) is 4.36. The van der Waals surface area contributed by atoms with E-state index in [1.54, 1.807) is 12.1 Å². The molecule has 31 heavy (non-hydrogen) atoms. The Morgan fingerprint density at radius 1 is 0.968 bits per heavy atom. The van der Waals surface area contributed by atoms with Crippen LogP contribution in [0.3, 0.4) is 0 Å². The Balaban J connectivity index is 1.55. The highest BCUT2D eigenvalue weighted by molar-refractivity contribution is 5.39. The highest BCUT2D eigenvalue weighted by atomic mass is 16.6. The molecule has 1 heterocycles. The molecule has 0 unspecified atom stereocenters. The number of fused-ring (bicyclic) bond motifs is 1. The van der Waals surface area contributed by atoms with E-state index in [0.29, 0.717) is 30.4 Å². The molecule has 1 saturated heterocycles. The normalized spacial score (nSPS) is 49.2. The second-order valence-corrected chi connectivity index (χ2v) is 11.9. The quantitative estimate of drug-likeness (QED) is 0.524. The van der Waals surface area contributed by atoms with Crippen LogP contribution in [-0.4, -0.2) is 38.9 Å². The molecule has 4 N–H and O–H groups in total. The van der Waals surface area contributed by atoms with Gasteiger partial charge in [-0.05, 0) is 98.8 Å². The highest BCUT2D eigenvalue weighted by Gasteiger charge is 2.69. The summed E-state index contributed by atoms with van der Waals surface area (Å²) in [5.74, 6) is 1.16. The van der Waals surface area contributed by atoms with E-state index in [2.05, 4.69) is 13.8 Å². The minimum Gasteiger partial charge on any atom is -0.508 e. The van der Waals surface area contributed by atoms with E-state index >= 15 is 0 Å². The largest absolute Gasteiger partial charge is 0.508 e. The number of ether oxygens (including phenoxy) is 1. The van der Waals surface area contributed by atoms with E-state index in [-0.39, 0.29) is 33.7 Å². The van der Waals surface area contributed by atoms with Crippen molar-refractivity contribution >= 4 is 0 Å². The van der Waals surface area contributed by atoms with Gasteiger partial charge in [-0.1, -0.05) is 20.3 Å². The number of aromatic hydroxyl groups is 2. The van der Waals surface area contributed by atoms with E-state index in [1.165, 1.54) is 6.07 Å². The summed E-state index contributed by atoms with van der Waals surface area (Å²) < 4.78 is 6.06. The Hall–Kier alpha value is -1.30. The van der Waals surface area contributed by atoms with Gasteiger partial charge in [0.1, 0.15) is 11.5 Å². The molecule has 5 heteroatoms. The molecule has 1 aliphatic heterocycles. The first-order valence-corrected chi connectivity index (χ1v) is 12.1. The topological polar surface area (TPSA) is 90.2 Å². The van der Waals surface area contributed by atoms with E-state index in [0.717, 1.165) is 44.9 Å². The van der Waals surface area contributed by atoms with Gasteiger partial charge in [0, 0.05) is 10.8 Å². The lowest BCUT2D eigenvalue weighted by atomic mass is 9.37. The highest BCUT2D eigenvalue weighted by Crippen LogP contribution is 2.72. The fraction of sp³-hybridized carbons (Fsp3) is 0.769. The molecule has 0 spiro atoms. The average Bonchev–Trinajstić information content (AvgIpc) is 2.70. The monoisotopic (exact) mass is 430 g/mol. The SMILES string of the molecule is C[C@@]12CCC[C@@]3(CO[C@H]1O)[C@H]2CC[C@]1(C)[C@@H]3CC[C@](C)(O)[C@H]1Cc1cc(O)ccc1O. The third kappa shape index (κ3) is 2.92. The molecule has 0 amide bonds. The maximum atomic E-state index is 11.6. The van der Waals surface area contributed by atoms with E-state index in [9.17, 15) is 20.4 Å². The van der Waals surface area contributed by atoms with Gasteiger partial charge in [-0.15, -0.1) is 0 Å². The van der Waals surface area contributed by atoms with Crippen molar-refractivity contribution < 1.29 is 25.2 Å². The Morgan fingerprint density at radius 2 is 1.68 bits per heavy atom. The first-order valence-electron chi connectivity index (χ1n) is 12.1. The van der Waals surface area contributed by atoms with Gasteiger partial charge in [-0.25, -0.2) is 0 Å². The van der Waals surface area contributed by atoms with E-state index in [1.807, 2.05) is 6.92 Å². The third-order valence-electron chi connectivity index (χ3n) is 10.4. The predicted molar refractivity (Wildman–Crippen MR) is 117 cm³/mol. The second-order valence-electron chi connectivity index (χ2n) is 11.9. The summed E-state index contributed by atoms with van der Waals surface area (Å²) in [4.78, 5) is 0. The summed E-state index contributed by atoms with van der Waals surface area (Å²) in [5, 5.41) is 42.8. The van der Waals surface area contributed by atoms with Crippen LogP contribution < -0.4 is 0 Å². The summed E-state index contributed by atoms with van der Waals surface area (Å²) in [6.45, 7) is 7.13. The van der Waals surface area contributed by atoms with Crippen molar-refractivity contribution in [2.45, 2.75) is 84.0 Å². The summed E-state index contributed by atoms with van der Waals surface area (Å²) in [6, 6.07) is 4.68. The van der Waals surface area contributed by atoms with Crippen LogP contribution in [0.4, 0.5) is 0 Å². The molecule has 0 radical (unpaired) electrons. The standard InChI is InChI=1S/C26H38O5/c1-23-11-7-20-24(2)9-4-10-26(20,15-31-22(24)29)19(23)8-12-25(3,30)21(23)14-16-13-17(27)5-6-18(16)28/h5-6,13,19-22,27-30H,4,7-12,14-15H2,1-3H3/t19-,20-,21-,22+,23+,24-,25-,26-/m0/s1. The number of phenolic OH excluding ortho intramolecular Hbond substituents is 2. The molecule has 4 aliphatic rings. The molecule has 172 valence electrons. The van der Waals surface area contributed by atoms with Crippen LogP contribution in [0.5, 0.6) is 11.5 Å². The van der Waals surface area contributed by atoms with Crippen LogP contribution in [0.2, 0.25) is 0 Å². The molecule has 1 aromatic carbocycles. The first kappa shape index (κ1) is 21.5. The fourth-order valence-electron chi connectivity index (χ4n) is 8.88. The van der Waals surface area contributed by atoms with Gasteiger partial charge in [0.15, 0.2) is 6.29 Å². The van der Waals surface area contributed by atoms with Crippen molar-refractivity contribution in [2.75, 3.05) is 6.61 Å². The molecule has 1 aromatic rings. The average molecular weight is 431 g/mol. The molecule has 4 fully saturated rings. The van der Waals surface area contributed by atoms with Gasteiger partial charge in [0.25, 0.3) is 0 Å². The van der Waals surface area contributed by atoms with Gasteiger partial charge in [0.05, 0.1) is 12.2 Å². The zero-order valence-electron chi connectivity index (χ0n) is 19.1. The van der Waals surface area contributed by atoms with Crippen LogP contribution in [0.15, 0.2) is 18.2 Å².